The second-order valence-electron chi connectivity index (χ2n) is 7.41. The minimum atomic E-state index is -4.44. The van der Waals surface area contributed by atoms with E-state index < -0.39 is 23.4 Å². The zero-order valence-corrected chi connectivity index (χ0v) is 15.2. The number of carbonyl (C=O) groups is 1. The first-order valence-electron chi connectivity index (χ1n) is 8.51. The number of rotatable bonds is 3. The van der Waals surface area contributed by atoms with Crippen molar-refractivity contribution in [1.82, 2.24) is 9.80 Å². The van der Waals surface area contributed by atoms with Gasteiger partial charge in [0.25, 0.3) is 0 Å². The average molecular weight is 374 g/mol. The lowest BCUT2D eigenvalue weighted by atomic mass is 10.0. The molecule has 1 unspecified atom stereocenters. The van der Waals surface area contributed by atoms with Crippen LogP contribution in [-0.4, -0.2) is 59.3 Å². The molecule has 5 nitrogen and oxygen atoms in total. The van der Waals surface area contributed by atoms with Crippen molar-refractivity contribution in [3.05, 3.63) is 35.4 Å². The quantitative estimate of drug-likeness (QED) is 0.882. The van der Waals surface area contributed by atoms with Gasteiger partial charge in [0.2, 0.25) is 0 Å². The molecule has 0 spiro atoms. The highest BCUT2D eigenvalue weighted by molar-refractivity contribution is 5.68. The molecule has 0 aliphatic carbocycles. The number of benzene rings is 1. The van der Waals surface area contributed by atoms with Gasteiger partial charge >= 0.3 is 12.3 Å². The van der Waals surface area contributed by atoms with E-state index in [0.717, 1.165) is 12.1 Å². The summed E-state index contributed by atoms with van der Waals surface area (Å²) in [4.78, 5) is 15.5. The number of piperazine rings is 1. The molecule has 0 bridgehead atoms. The number of hydrogen-bond donors (Lipinski definition) is 1. The first-order valence-corrected chi connectivity index (χ1v) is 8.51. The van der Waals surface area contributed by atoms with Crippen LogP contribution in [0.1, 0.15) is 38.0 Å². The van der Waals surface area contributed by atoms with Crippen molar-refractivity contribution in [3.8, 4) is 0 Å². The van der Waals surface area contributed by atoms with E-state index in [0.29, 0.717) is 26.2 Å². The van der Waals surface area contributed by atoms with Gasteiger partial charge in [0.05, 0.1) is 11.7 Å². The standard InChI is InChI=1S/C18H25F3N2O3/c1-17(2,3)26-16(25)23-9-7-22(8-10-23)12-15(24)13-5-4-6-14(11-13)18(19,20)21/h4-6,11,15,24H,7-10,12H2,1-3H3. The van der Waals surface area contributed by atoms with E-state index >= 15 is 0 Å². The number of nitrogens with zero attached hydrogens (tertiary/aromatic N) is 2. The molecular weight excluding hydrogens is 349 g/mol. The van der Waals surface area contributed by atoms with Gasteiger partial charge < -0.3 is 14.7 Å². The molecule has 26 heavy (non-hydrogen) atoms. The van der Waals surface area contributed by atoms with Gasteiger partial charge in [0.15, 0.2) is 0 Å². The number of aliphatic hydroxyl groups is 1. The van der Waals surface area contributed by atoms with E-state index in [-0.39, 0.29) is 18.2 Å². The molecule has 1 aromatic rings. The number of amides is 1. The lowest BCUT2D eigenvalue weighted by molar-refractivity contribution is -0.137. The third kappa shape index (κ3) is 5.88. The zero-order chi connectivity index (χ0) is 19.5. The molecule has 1 heterocycles. The van der Waals surface area contributed by atoms with Crippen LogP contribution in [0, 0.1) is 0 Å². The highest BCUT2D eigenvalue weighted by Crippen LogP contribution is 2.31. The normalized spacial score (nSPS) is 17.9. The van der Waals surface area contributed by atoms with Crippen LogP contribution in [0.3, 0.4) is 0 Å². The van der Waals surface area contributed by atoms with E-state index in [9.17, 15) is 23.1 Å². The summed E-state index contributed by atoms with van der Waals surface area (Å²) in [5.41, 5.74) is -1.10. The van der Waals surface area contributed by atoms with Gasteiger partial charge in [-0.1, -0.05) is 12.1 Å². The van der Waals surface area contributed by atoms with Crippen LogP contribution in [0.15, 0.2) is 24.3 Å². The SMILES string of the molecule is CC(C)(C)OC(=O)N1CCN(CC(O)c2cccc(C(F)(F)F)c2)CC1. The number of halogens is 3. The van der Waals surface area contributed by atoms with Gasteiger partial charge in [-0.3, -0.25) is 4.90 Å². The maximum atomic E-state index is 12.8. The largest absolute Gasteiger partial charge is 0.444 e. The topological polar surface area (TPSA) is 53.0 Å². The Balaban J connectivity index is 1.88. The molecule has 0 saturated carbocycles. The second kappa shape index (κ2) is 7.84. The van der Waals surface area contributed by atoms with Gasteiger partial charge in [-0.15, -0.1) is 0 Å². The van der Waals surface area contributed by atoms with Crippen LogP contribution >= 0.6 is 0 Å². The van der Waals surface area contributed by atoms with Crippen LogP contribution in [0.4, 0.5) is 18.0 Å². The molecule has 1 aliphatic heterocycles. The summed E-state index contributed by atoms with van der Waals surface area (Å²) in [6, 6.07) is 4.73. The summed E-state index contributed by atoms with van der Waals surface area (Å²) < 4.78 is 43.7. The van der Waals surface area contributed by atoms with Crippen molar-refractivity contribution in [2.45, 2.75) is 38.7 Å². The first kappa shape index (κ1) is 20.5. The number of ether oxygens (including phenoxy) is 1. The van der Waals surface area contributed by atoms with E-state index in [1.807, 2.05) is 4.90 Å². The molecule has 146 valence electrons. The molecule has 1 saturated heterocycles. The van der Waals surface area contributed by atoms with Crippen LogP contribution in [0.25, 0.3) is 0 Å². The Hall–Kier alpha value is -1.80. The maximum Gasteiger partial charge on any atom is 0.416 e. The maximum absolute atomic E-state index is 12.8. The third-order valence-corrected chi connectivity index (χ3v) is 4.05. The number of β-amino-alcohol motifs (C(OH)–C–C–N with tert-alkyl or cyclic N) is 1. The molecule has 1 aliphatic rings. The zero-order valence-electron chi connectivity index (χ0n) is 15.2. The van der Waals surface area contributed by atoms with Gasteiger partial charge in [0.1, 0.15) is 5.60 Å². The van der Waals surface area contributed by atoms with Crippen molar-refractivity contribution in [1.29, 1.82) is 0 Å². The highest BCUT2D eigenvalue weighted by Gasteiger charge is 2.31. The lowest BCUT2D eigenvalue weighted by Crippen LogP contribution is -2.50. The number of hydrogen-bond acceptors (Lipinski definition) is 4. The fourth-order valence-electron chi connectivity index (χ4n) is 2.71. The molecular formula is C18H25F3N2O3. The molecule has 1 aromatic carbocycles. The van der Waals surface area contributed by atoms with Gasteiger partial charge in [-0.05, 0) is 38.5 Å². The smallest absolute Gasteiger partial charge is 0.416 e. The molecule has 1 N–H and O–H groups in total. The fraction of sp³-hybridized carbons (Fsp3) is 0.611. The Labute approximate surface area is 151 Å². The van der Waals surface area contributed by atoms with E-state index in [1.165, 1.54) is 12.1 Å². The fourth-order valence-corrected chi connectivity index (χ4v) is 2.71. The minimum absolute atomic E-state index is 0.212. The molecule has 0 radical (unpaired) electrons. The average Bonchev–Trinajstić information content (AvgIpc) is 2.53. The van der Waals surface area contributed by atoms with Gasteiger partial charge in [0, 0.05) is 32.7 Å². The van der Waals surface area contributed by atoms with E-state index in [4.69, 9.17) is 4.74 Å². The van der Waals surface area contributed by atoms with Crippen LogP contribution in [0.5, 0.6) is 0 Å². The summed E-state index contributed by atoms with van der Waals surface area (Å²) in [6.45, 7) is 7.55. The summed E-state index contributed by atoms with van der Waals surface area (Å²) in [7, 11) is 0. The molecule has 1 atom stereocenters. The minimum Gasteiger partial charge on any atom is -0.444 e. The predicted octanol–water partition coefficient (Wildman–Crippen LogP) is 3.29. The summed E-state index contributed by atoms with van der Waals surface area (Å²) in [6.07, 6.45) is -5.84. The molecule has 2 rings (SSSR count). The highest BCUT2D eigenvalue weighted by atomic mass is 19.4. The summed E-state index contributed by atoms with van der Waals surface area (Å²) in [5.74, 6) is 0. The molecule has 8 heteroatoms. The van der Waals surface area contributed by atoms with E-state index in [2.05, 4.69) is 0 Å². The predicted molar refractivity (Wildman–Crippen MR) is 90.7 cm³/mol. The van der Waals surface area contributed by atoms with Gasteiger partial charge in [-0.25, -0.2) is 4.79 Å². The Morgan fingerprint density at radius 3 is 2.35 bits per heavy atom. The first-order chi connectivity index (χ1) is 12.0. The van der Waals surface area contributed by atoms with Crippen LogP contribution in [0.2, 0.25) is 0 Å². The second-order valence-corrected chi connectivity index (χ2v) is 7.41. The van der Waals surface area contributed by atoms with Crippen LogP contribution < -0.4 is 0 Å². The van der Waals surface area contributed by atoms with Crippen molar-refractivity contribution < 1.29 is 27.8 Å². The Morgan fingerprint density at radius 2 is 1.81 bits per heavy atom. The molecule has 1 fully saturated rings. The summed E-state index contributed by atoms with van der Waals surface area (Å²) >= 11 is 0. The number of carbonyl (C=O) groups excluding carboxylic acids is 1. The lowest BCUT2D eigenvalue weighted by Gasteiger charge is -2.36. The Kier molecular flexibility index (Phi) is 6.18. The third-order valence-electron chi connectivity index (χ3n) is 4.05. The Morgan fingerprint density at radius 1 is 1.19 bits per heavy atom. The van der Waals surface area contributed by atoms with Crippen LogP contribution in [-0.2, 0) is 10.9 Å². The molecule has 0 aromatic heterocycles. The van der Waals surface area contributed by atoms with Gasteiger partial charge in [-0.2, -0.15) is 13.2 Å². The van der Waals surface area contributed by atoms with Crippen molar-refractivity contribution in [3.63, 3.8) is 0 Å². The van der Waals surface area contributed by atoms with Crippen molar-refractivity contribution >= 4 is 6.09 Å². The van der Waals surface area contributed by atoms with Crippen molar-refractivity contribution in [2.75, 3.05) is 32.7 Å². The summed E-state index contributed by atoms with van der Waals surface area (Å²) in [5, 5.41) is 10.3. The monoisotopic (exact) mass is 374 g/mol. The molecule has 1 amide bonds. The van der Waals surface area contributed by atoms with E-state index in [1.54, 1.807) is 25.7 Å². The Bertz CT molecular complexity index is 621. The number of alkyl halides is 3. The number of aliphatic hydroxyl groups excluding tert-OH is 1. The van der Waals surface area contributed by atoms with Crippen molar-refractivity contribution in [2.24, 2.45) is 0 Å².